The highest BCUT2D eigenvalue weighted by Gasteiger charge is 2.18. The third-order valence-corrected chi connectivity index (χ3v) is 6.70. The zero-order chi connectivity index (χ0) is 24.4. The lowest BCUT2D eigenvalue weighted by atomic mass is 10.1. The number of halogens is 1. The first-order chi connectivity index (χ1) is 17.0. The van der Waals surface area contributed by atoms with E-state index in [2.05, 4.69) is 21.2 Å². The molecule has 35 heavy (non-hydrogen) atoms. The zero-order valence-electron chi connectivity index (χ0n) is 19.0. The number of carbonyl (C=O) groups excluding carboxylic acids is 1. The Kier molecular flexibility index (Phi) is 6.52. The minimum Gasteiger partial charge on any atom is -0.494 e. The molecule has 3 aromatic carbocycles. The summed E-state index contributed by atoms with van der Waals surface area (Å²) >= 11 is 5.00. The Labute approximate surface area is 214 Å². The first kappa shape index (κ1) is 23.1. The normalized spacial score (nSPS) is 13.7. The van der Waals surface area contributed by atoms with E-state index >= 15 is 0 Å². The predicted octanol–water partition coefficient (Wildman–Crippen LogP) is 5.82. The van der Waals surface area contributed by atoms with Crippen LogP contribution in [0.4, 0.5) is 11.4 Å². The van der Waals surface area contributed by atoms with Crippen molar-refractivity contribution >= 4 is 50.3 Å². The lowest BCUT2D eigenvalue weighted by molar-refractivity contribution is -0.118. The topological polar surface area (TPSA) is 77.2 Å². The number of nitrogens with zero attached hydrogens (tertiary/aromatic N) is 3. The van der Waals surface area contributed by atoms with E-state index < -0.39 is 0 Å². The molecule has 0 radical (unpaired) electrons. The number of hydrogen-bond acceptors (Lipinski definition) is 6. The van der Waals surface area contributed by atoms with Crippen molar-refractivity contribution in [1.29, 1.82) is 0 Å². The van der Waals surface area contributed by atoms with Gasteiger partial charge in [0.05, 0.1) is 24.2 Å². The first-order valence-electron chi connectivity index (χ1n) is 10.8. The Hall–Kier alpha value is -3.69. The lowest BCUT2D eigenvalue weighted by Gasteiger charge is -2.18. The maximum absolute atomic E-state index is 11.8. The summed E-state index contributed by atoms with van der Waals surface area (Å²) in [6.45, 7) is 1.98. The molecule has 0 spiro atoms. The van der Waals surface area contributed by atoms with Crippen molar-refractivity contribution in [1.82, 2.24) is 4.68 Å². The summed E-state index contributed by atoms with van der Waals surface area (Å²) in [4.78, 5) is 17.4. The van der Waals surface area contributed by atoms with Crippen LogP contribution in [-0.4, -0.2) is 30.0 Å². The van der Waals surface area contributed by atoms with Gasteiger partial charge in [0, 0.05) is 15.4 Å². The molecule has 1 aliphatic rings. The van der Waals surface area contributed by atoms with Crippen LogP contribution in [-0.2, 0) is 4.79 Å². The fraction of sp³-hybridized carbons (Fsp3) is 0.115. The maximum Gasteiger partial charge on any atom is 0.262 e. The summed E-state index contributed by atoms with van der Waals surface area (Å²) in [5.41, 5.74) is 4.85. The highest BCUT2D eigenvalue weighted by atomic mass is 79.9. The molecule has 1 aliphatic heterocycles. The van der Waals surface area contributed by atoms with E-state index in [1.54, 1.807) is 7.11 Å². The molecule has 0 saturated heterocycles. The third kappa shape index (κ3) is 4.91. The van der Waals surface area contributed by atoms with E-state index in [0.29, 0.717) is 27.7 Å². The molecule has 7 nitrogen and oxygen atoms in total. The van der Waals surface area contributed by atoms with Gasteiger partial charge in [-0.2, -0.15) is 5.10 Å². The van der Waals surface area contributed by atoms with Crippen molar-refractivity contribution in [3.63, 3.8) is 0 Å². The van der Waals surface area contributed by atoms with Gasteiger partial charge < -0.3 is 14.8 Å². The Morgan fingerprint density at radius 1 is 1.14 bits per heavy atom. The van der Waals surface area contributed by atoms with E-state index in [1.165, 1.54) is 11.3 Å². The monoisotopic (exact) mass is 548 g/mol. The van der Waals surface area contributed by atoms with E-state index in [1.807, 2.05) is 83.7 Å². The van der Waals surface area contributed by atoms with Crippen LogP contribution in [0.3, 0.4) is 0 Å². The standard InChI is InChI=1S/C26H21BrN4O3S/c1-16(17-6-5-7-19(27)12-17)30-31-22(18-10-11-24-21(13-18)28-25(32)14-34-24)15-35-26(31)29-20-8-3-4-9-23(20)33-2/h3-13,15H,14H2,1-2H3,(H,28,32). The number of hydrogen-bond donors (Lipinski definition) is 1. The number of anilines is 1. The van der Waals surface area contributed by atoms with Gasteiger partial charge in [-0.1, -0.05) is 40.2 Å². The summed E-state index contributed by atoms with van der Waals surface area (Å²) in [5, 5.41) is 9.83. The minimum atomic E-state index is -0.178. The largest absolute Gasteiger partial charge is 0.494 e. The van der Waals surface area contributed by atoms with Gasteiger partial charge in [0.1, 0.15) is 17.2 Å². The molecule has 1 N–H and O–H groups in total. The average Bonchev–Trinajstić information content (AvgIpc) is 3.25. The molecule has 1 aromatic heterocycles. The molecule has 0 aliphatic carbocycles. The average molecular weight is 549 g/mol. The van der Waals surface area contributed by atoms with Gasteiger partial charge in [0.2, 0.25) is 4.80 Å². The Morgan fingerprint density at radius 2 is 2.00 bits per heavy atom. The predicted molar refractivity (Wildman–Crippen MR) is 142 cm³/mol. The molecule has 9 heteroatoms. The number of aromatic nitrogens is 1. The van der Waals surface area contributed by atoms with Crippen LogP contribution in [0.25, 0.3) is 11.3 Å². The number of amides is 1. The van der Waals surface area contributed by atoms with E-state index in [0.717, 1.165) is 27.0 Å². The molecule has 4 aromatic rings. The number of rotatable bonds is 5. The van der Waals surface area contributed by atoms with Gasteiger partial charge in [-0.05, 0) is 55.0 Å². The first-order valence-corrected chi connectivity index (χ1v) is 12.5. The fourth-order valence-electron chi connectivity index (χ4n) is 3.66. The molecule has 0 saturated carbocycles. The number of methoxy groups -OCH3 is 1. The van der Waals surface area contributed by atoms with Crippen molar-refractivity contribution in [3.05, 3.63) is 86.9 Å². The van der Waals surface area contributed by atoms with Gasteiger partial charge >= 0.3 is 0 Å². The summed E-state index contributed by atoms with van der Waals surface area (Å²) in [6.07, 6.45) is 0. The van der Waals surface area contributed by atoms with Crippen molar-refractivity contribution < 1.29 is 14.3 Å². The van der Waals surface area contributed by atoms with Crippen LogP contribution in [0.5, 0.6) is 11.5 Å². The van der Waals surface area contributed by atoms with Gasteiger partial charge in [0.15, 0.2) is 6.61 Å². The number of thiazole rings is 1. The second-order valence-electron chi connectivity index (χ2n) is 7.74. The molecule has 1 amide bonds. The van der Waals surface area contributed by atoms with Crippen LogP contribution >= 0.6 is 27.3 Å². The minimum absolute atomic E-state index is 0.0167. The summed E-state index contributed by atoms with van der Waals surface area (Å²) < 4.78 is 13.8. The Bertz CT molecular complexity index is 1520. The second kappa shape index (κ2) is 9.89. The van der Waals surface area contributed by atoms with E-state index in [9.17, 15) is 4.79 Å². The number of carbonyl (C=O) groups is 1. The summed E-state index contributed by atoms with van der Waals surface area (Å²) in [6, 6.07) is 21.3. The molecular formula is C26H21BrN4O3S. The van der Waals surface area contributed by atoms with Crippen molar-refractivity contribution in [3.8, 4) is 22.8 Å². The van der Waals surface area contributed by atoms with Crippen LogP contribution in [0.15, 0.2) is 86.7 Å². The molecule has 2 heterocycles. The maximum atomic E-state index is 11.8. The quantitative estimate of drug-likeness (QED) is 0.319. The van der Waals surface area contributed by atoms with Crippen molar-refractivity contribution in [2.45, 2.75) is 6.92 Å². The molecule has 0 atom stereocenters. The molecule has 0 unspecified atom stereocenters. The van der Waals surface area contributed by atoms with Crippen LogP contribution < -0.4 is 19.6 Å². The number of ether oxygens (including phenoxy) is 2. The highest BCUT2D eigenvalue weighted by molar-refractivity contribution is 9.10. The van der Waals surface area contributed by atoms with Gasteiger partial charge in [-0.25, -0.2) is 9.67 Å². The van der Waals surface area contributed by atoms with Crippen LogP contribution in [0, 0.1) is 0 Å². The smallest absolute Gasteiger partial charge is 0.262 e. The van der Waals surface area contributed by atoms with Gasteiger partial charge in [-0.3, -0.25) is 4.79 Å². The Morgan fingerprint density at radius 3 is 2.83 bits per heavy atom. The molecule has 176 valence electrons. The molecule has 0 bridgehead atoms. The number of fused-ring (bicyclic) bond motifs is 1. The number of para-hydroxylation sites is 2. The van der Waals surface area contributed by atoms with Crippen LogP contribution in [0.1, 0.15) is 12.5 Å². The zero-order valence-corrected chi connectivity index (χ0v) is 21.4. The van der Waals surface area contributed by atoms with Crippen molar-refractivity contribution in [2.24, 2.45) is 10.1 Å². The third-order valence-electron chi connectivity index (χ3n) is 5.39. The van der Waals surface area contributed by atoms with E-state index in [4.69, 9.17) is 19.6 Å². The SMILES string of the molecule is COc1ccccc1N=c1scc(-c2ccc3c(c2)NC(=O)CO3)n1N=C(C)c1cccc(Br)c1. The van der Waals surface area contributed by atoms with Crippen molar-refractivity contribution in [2.75, 3.05) is 19.0 Å². The van der Waals surface area contributed by atoms with Gasteiger partial charge in [-0.15, -0.1) is 11.3 Å². The molecular weight excluding hydrogens is 528 g/mol. The lowest BCUT2D eigenvalue weighted by Crippen LogP contribution is -2.25. The van der Waals surface area contributed by atoms with Gasteiger partial charge in [0.25, 0.3) is 5.91 Å². The van der Waals surface area contributed by atoms with Crippen LogP contribution in [0.2, 0.25) is 0 Å². The molecule has 5 rings (SSSR count). The number of nitrogens with one attached hydrogen (secondary N) is 1. The molecule has 0 fully saturated rings. The number of benzene rings is 3. The van der Waals surface area contributed by atoms with E-state index in [-0.39, 0.29) is 12.5 Å². The second-order valence-corrected chi connectivity index (χ2v) is 9.49. The Balaban J connectivity index is 1.69. The summed E-state index contributed by atoms with van der Waals surface area (Å²) in [7, 11) is 1.63. The summed E-state index contributed by atoms with van der Waals surface area (Å²) in [5.74, 6) is 1.14. The highest BCUT2D eigenvalue weighted by Crippen LogP contribution is 2.33. The fourth-order valence-corrected chi connectivity index (χ4v) is 4.90.